The van der Waals surface area contributed by atoms with Gasteiger partial charge in [-0.2, -0.15) is 0 Å². The molecule has 1 fully saturated rings. The SMILES string of the molecule is CCN1CCC(Nc2ccccc2OC)CC1. The molecular formula is C14H22N2O. The van der Waals surface area contributed by atoms with Crippen molar-refractivity contribution in [3.63, 3.8) is 0 Å². The fourth-order valence-electron chi connectivity index (χ4n) is 2.38. The number of piperidine rings is 1. The van der Waals surface area contributed by atoms with Gasteiger partial charge in [-0.25, -0.2) is 0 Å². The zero-order valence-electron chi connectivity index (χ0n) is 10.8. The first kappa shape index (κ1) is 12.2. The fourth-order valence-corrected chi connectivity index (χ4v) is 2.38. The Morgan fingerprint density at radius 2 is 2.00 bits per heavy atom. The minimum absolute atomic E-state index is 0.578. The van der Waals surface area contributed by atoms with E-state index in [1.54, 1.807) is 7.11 Å². The molecule has 0 aliphatic carbocycles. The molecule has 1 heterocycles. The summed E-state index contributed by atoms with van der Waals surface area (Å²) in [5.74, 6) is 0.936. The van der Waals surface area contributed by atoms with Gasteiger partial charge in [0.25, 0.3) is 0 Å². The number of likely N-dealkylation sites (tertiary alicyclic amines) is 1. The van der Waals surface area contributed by atoms with Crippen molar-refractivity contribution in [1.82, 2.24) is 4.90 Å². The van der Waals surface area contributed by atoms with E-state index >= 15 is 0 Å². The lowest BCUT2D eigenvalue weighted by molar-refractivity contribution is 0.229. The molecule has 1 aromatic carbocycles. The van der Waals surface area contributed by atoms with E-state index in [1.165, 1.54) is 32.5 Å². The van der Waals surface area contributed by atoms with Gasteiger partial charge >= 0.3 is 0 Å². The lowest BCUT2D eigenvalue weighted by Crippen LogP contribution is -2.38. The predicted molar refractivity (Wildman–Crippen MR) is 71.8 cm³/mol. The monoisotopic (exact) mass is 234 g/mol. The van der Waals surface area contributed by atoms with Crippen LogP contribution < -0.4 is 10.1 Å². The van der Waals surface area contributed by atoms with Crippen LogP contribution >= 0.6 is 0 Å². The van der Waals surface area contributed by atoms with Crippen molar-refractivity contribution >= 4 is 5.69 Å². The van der Waals surface area contributed by atoms with Gasteiger partial charge in [-0.3, -0.25) is 0 Å². The summed E-state index contributed by atoms with van der Waals surface area (Å²) in [5, 5.41) is 3.59. The second-order valence-electron chi connectivity index (χ2n) is 4.55. The summed E-state index contributed by atoms with van der Waals surface area (Å²) in [6, 6.07) is 8.72. The second-order valence-corrected chi connectivity index (χ2v) is 4.55. The average Bonchev–Trinajstić information content (AvgIpc) is 2.40. The standard InChI is InChI=1S/C14H22N2O/c1-3-16-10-8-12(9-11-16)15-13-6-4-5-7-14(13)17-2/h4-7,12,15H,3,8-11H2,1-2H3. The normalized spacial score (nSPS) is 18.0. The van der Waals surface area contributed by atoms with E-state index in [2.05, 4.69) is 23.2 Å². The highest BCUT2D eigenvalue weighted by Crippen LogP contribution is 2.25. The maximum atomic E-state index is 5.36. The maximum absolute atomic E-state index is 5.36. The van der Waals surface area contributed by atoms with Gasteiger partial charge in [0.2, 0.25) is 0 Å². The minimum atomic E-state index is 0.578. The molecule has 1 saturated heterocycles. The number of hydrogen-bond donors (Lipinski definition) is 1. The van der Waals surface area contributed by atoms with E-state index in [-0.39, 0.29) is 0 Å². The summed E-state index contributed by atoms with van der Waals surface area (Å²) < 4.78 is 5.36. The molecule has 1 aromatic rings. The molecule has 3 heteroatoms. The van der Waals surface area contributed by atoms with Gasteiger partial charge in [0, 0.05) is 19.1 Å². The topological polar surface area (TPSA) is 24.5 Å². The van der Waals surface area contributed by atoms with E-state index in [4.69, 9.17) is 4.74 Å². The molecule has 0 bridgehead atoms. The van der Waals surface area contributed by atoms with E-state index < -0.39 is 0 Å². The van der Waals surface area contributed by atoms with Gasteiger partial charge in [-0.05, 0) is 31.5 Å². The highest BCUT2D eigenvalue weighted by atomic mass is 16.5. The number of benzene rings is 1. The van der Waals surface area contributed by atoms with Crippen molar-refractivity contribution in [2.45, 2.75) is 25.8 Å². The molecule has 1 aliphatic heterocycles. The first-order valence-corrected chi connectivity index (χ1v) is 6.45. The van der Waals surface area contributed by atoms with Crippen LogP contribution in [0.4, 0.5) is 5.69 Å². The number of hydrogen-bond acceptors (Lipinski definition) is 3. The summed E-state index contributed by atoms with van der Waals surface area (Å²) in [6.07, 6.45) is 2.43. The lowest BCUT2D eigenvalue weighted by Gasteiger charge is -2.32. The van der Waals surface area contributed by atoms with Crippen molar-refractivity contribution in [3.05, 3.63) is 24.3 Å². The molecule has 2 rings (SSSR count). The first-order chi connectivity index (χ1) is 8.33. The molecule has 1 N–H and O–H groups in total. The van der Waals surface area contributed by atoms with Crippen LogP contribution in [0.3, 0.4) is 0 Å². The molecule has 94 valence electrons. The lowest BCUT2D eigenvalue weighted by atomic mass is 10.0. The molecule has 17 heavy (non-hydrogen) atoms. The van der Waals surface area contributed by atoms with Crippen LogP contribution in [0.25, 0.3) is 0 Å². The minimum Gasteiger partial charge on any atom is -0.495 e. The smallest absolute Gasteiger partial charge is 0.141 e. The Balaban J connectivity index is 1.93. The molecule has 3 nitrogen and oxygen atoms in total. The van der Waals surface area contributed by atoms with Gasteiger partial charge in [0.1, 0.15) is 5.75 Å². The summed E-state index contributed by atoms with van der Waals surface area (Å²) in [4.78, 5) is 2.50. The number of ether oxygens (including phenoxy) is 1. The quantitative estimate of drug-likeness (QED) is 0.866. The molecule has 0 aromatic heterocycles. The maximum Gasteiger partial charge on any atom is 0.141 e. The van der Waals surface area contributed by atoms with Crippen molar-refractivity contribution in [3.8, 4) is 5.75 Å². The Morgan fingerprint density at radius 1 is 1.29 bits per heavy atom. The van der Waals surface area contributed by atoms with E-state index in [0.29, 0.717) is 6.04 Å². The Kier molecular flexibility index (Phi) is 4.26. The molecule has 0 radical (unpaired) electrons. The third kappa shape index (κ3) is 3.13. The van der Waals surface area contributed by atoms with Gasteiger partial charge in [-0.1, -0.05) is 19.1 Å². The van der Waals surface area contributed by atoms with Crippen LogP contribution in [0.2, 0.25) is 0 Å². The number of para-hydroxylation sites is 2. The number of methoxy groups -OCH3 is 1. The highest BCUT2D eigenvalue weighted by molar-refractivity contribution is 5.56. The summed E-state index contributed by atoms with van der Waals surface area (Å²) in [6.45, 7) is 5.79. The van der Waals surface area contributed by atoms with Crippen LogP contribution in [0.15, 0.2) is 24.3 Å². The van der Waals surface area contributed by atoms with Crippen molar-refractivity contribution < 1.29 is 4.74 Å². The average molecular weight is 234 g/mol. The van der Waals surface area contributed by atoms with E-state index in [1.807, 2.05) is 18.2 Å². The number of nitrogens with one attached hydrogen (secondary N) is 1. The molecule has 1 aliphatic rings. The third-order valence-corrected chi connectivity index (χ3v) is 3.50. The Morgan fingerprint density at radius 3 is 2.65 bits per heavy atom. The molecule has 0 amide bonds. The number of anilines is 1. The predicted octanol–water partition coefficient (Wildman–Crippen LogP) is 2.59. The van der Waals surface area contributed by atoms with Crippen molar-refractivity contribution in [2.75, 3.05) is 32.1 Å². The van der Waals surface area contributed by atoms with Crippen LogP contribution in [0.5, 0.6) is 5.75 Å². The molecule has 0 atom stereocenters. The molecule has 0 unspecified atom stereocenters. The number of rotatable bonds is 4. The van der Waals surface area contributed by atoms with Crippen molar-refractivity contribution in [2.24, 2.45) is 0 Å². The Bertz CT molecular complexity index is 346. The third-order valence-electron chi connectivity index (χ3n) is 3.50. The van der Waals surface area contributed by atoms with Crippen LogP contribution in [-0.2, 0) is 0 Å². The van der Waals surface area contributed by atoms with Crippen molar-refractivity contribution in [1.29, 1.82) is 0 Å². The Hall–Kier alpha value is -1.22. The summed E-state index contributed by atoms with van der Waals surface area (Å²) in [7, 11) is 1.72. The zero-order valence-corrected chi connectivity index (χ0v) is 10.8. The van der Waals surface area contributed by atoms with Gasteiger partial charge in [0.05, 0.1) is 12.8 Å². The first-order valence-electron chi connectivity index (χ1n) is 6.45. The Labute approximate surface area is 104 Å². The van der Waals surface area contributed by atoms with Crippen LogP contribution in [-0.4, -0.2) is 37.7 Å². The van der Waals surface area contributed by atoms with Crippen LogP contribution in [0.1, 0.15) is 19.8 Å². The van der Waals surface area contributed by atoms with E-state index in [9.17, 15) is 0 Å². The van der Waals surface area contributed by atoms with Gasteiger partial charge in [-0.15, -0.1) is 0 Å². The van der Waals surface area contributed by atoms with Gasteiger partial charge in [0.15, 0.2) is 0 Å². The summed E-state index contributed by atoms with van der Waals surface area (Å²) >= 11 is 0. The zero-order chi connectivity index (χ0) is 12.1. The molecular weight excluding hydrogens is 212 g/mol. The fraction of sp³-hybridized carbons (Fsp3) is 0.571. The van der Waals surface area contributed by atoms with E-state index in [0.717, 1.165) is 11.4 Å². The largest absolute Gasteiger partial charge is 0.495 e. The molecule has 0 spiro atoms. The number of nitrogens with zero attached hydrogens (tertiary/aromatic N) is 1. The van der Waals surface area contributed by atoms with Gasteiger partial charge < -0.3 is 15.0 Å². The highest BCUT2D eigenvalue weighted by Gasteiger charge is 2.18. The summed E-state index contributed by atoms with van der Waals surface area (Å²) in [5.41, 5.74) is 1.12. The second kappa shape index (κ2) is 5.92. The van der Waals surface area contributed by atoms with Crippen LogP contribution in [0, 0.1) is 0 Å². The molecule has 0 saturated carbocycles.